The van der Waals surface area contributed by atoms with Gasteiger partial charge in [0.2, 0.25) is 5.91 Å². The van der Waals surface area contributed by atoms with E-state index in [9.17, 15) is 19.5 Å². The lowest BCUT2D eigenvalue weighted by Crippen LogP contribution is -2.41. The molecular weight excluding hydrogens is 356 g/mol. The van der Waals surface area contributed by atoms with Crippen LogP contribution < -0.4 is 15.7 Å². The van der Waals surface area contributed by atoms with Gasteiger partial charge in [-0.25, -0.2) is 0 Å². The van der Waals surface area contributed by atoms with E-state index in [4.69, 9.17) is 0 Å². The van der Waals surface area contributed by atoms with E-state index in [-0.39, 0.29) is 12.3 Å². The van der Waals surface area contributed by atoms with Crippen LogP contribution in [0.25, 0.3) is 0 Å². The van der Waals surface area contributed by atoms with Crippen molar-refractivity contribution in [2.24, 2.45) is 11.8 Å². The molecule has 0 unspecified atom stereocenters. The second kappa shape index (κ2) is 8.99. The standard InChI is InChI=1S/C22H22N2O4/c25-20(23-14-15-8-2-1-3-9-15)18-12-6-7-13-19(18)24-21(26)16-10-4-5-11-17(16)22(27)28/h1-9,12-13,16-17H,10-11,14H2,(H,23,25)(H,24,26)(H,27,28)/p-1/t16-,17-/m0/s1. The summed E-state index contributed by atoms with van der Waals surface area (Å²) in [4.78, 5) is 36.6. The average molecular weight is 377 g/mol. The number of carbonyl (C=O) groups is 3. The molecule has 6 nitrogen and oxygen atoms in total. The van der Waals surface area contributed by atoms with Crippen LogP contribution in [0.3, 0.4) is 0 Å². The number of benzene rings is 2. The molecule has 0 fully saturated rings. The summed E-state index contributed by atoms with van der Waals surface area (Å²) in [5, 5.41) is 16.9. The summed E-state index contributed by atoms with van der Waals surface area (Å²) in [7, 11) is 0. The van der Waals surface area contributed by atoms with Crippen LogP contribution in [0.4, 0.5) is 5.69 Å². The highest BCUT2D eigenvalue weighted by Gasteiger charge is 2.30. The molecule has 0 aliphatic heterocycles. The smallest absolute Gasteiger partial charge is 0.253 e. The Hall–Kier alpha value is -3.41. The van der Waals surface area contributed by atoms with Crippen LogP contribution in [-0.2, 0) is 16.1 Å². The Kier molecular flexibility index (Phi) is 6.22. The molecule has 2 aromatic rings. The maximum atomic E-state index is 12.7. The van der Waals surface area contributed by atoms with E-state index in [0.29, 0.717) is 24.2 Å². The van der Waals surface area contributed by atoms with Gasteiger partial charge in [0.25, 0.3) is 5.91 Å². The van der Waals surface area contributed by atoms with Crippen molar-refractivity contribution in [2.75, 3.05) is 5.32 Å². The van der Waals surface area contributed by atoms with Crippen molar-refractivity contribution in [3.05, 3.63) is 77.9 Å². The van der Waals surface area contributed by atoms with Gasteiger partial charge in [-0.05, 0) is 30.5 Å². The predicted molar refractivity (Wildman–Crippen MR) is 103 cm³/mol. The Morgan fingerprint density at radius 1 is 0.893 bits per heavy atom. The highest BCUT2D eigenvalue weighted by molar-refractivity contribution is 6.04. The number of nitrogens with one attached hydrogen (secondary N) is 2. The molecule has 1 aliphatic rings. The number of hydrogen-bond acceptors (Lipinski definition) is 4. The van der Waals surface area contributed by atoms with Crippen molar-refractivity contribution in [2.45, 2.75) is 19.4 Å². The first-order valence-electron chi connectivity index (χ1n) is 9.14. The molecule has 2 N–H and O–H groups in total. The van der Waals surface area contributed by atoms with Crippen LogP contribution in [0.15, 0.2) is 66.7 Å². The van der Waals surface area contributed by atoms with Crippen molar-refractivity contribution in [1.82, 2.24) is 5.32 Å². The molecule has 6 heteroatoms. The van der Waals surface area contributed by atoms with E-state index < -0.39 is 23.7 Å². The highest BCUT2D eigenvalue weighted by atomic mass is 16.4. The monoisotopic (exact) mass is 377 g/mol. The molecule has 0 spiro atoms. The summed E-state index contributed by atoms with van der Waals surface area (Å²) in [6, 6.07) is 16.2. The maximum Gasteiger partial charge on any atom is 0.253 e. The Bertz CT molecular complexity index is 892. The number of aliphatic carboxylic acids is 1. The number of carbonyl (C=O) groups excluding carboxylic acids is 3. The molecule has 0 heterocycles. The largest absolute Gasteiger partial charge is 0.550 e. The van der Waals surface area contributed by atoms with Gasteiger partial charge >= 0.3 is 0 Å². The second-order valence-corrected chi connectivity index (χ2v) is 6.68. The fourth-order valence-electron chi connectivity index (χ4n) is 3.25. The fourth-order valence-corrected chi connectivity index (χ4v) is 3.25. The van der Waals surface area contributed by atoms with Crippen LogP contribution in [0, 0.1) is 11.8 Å². The molecule has 0 saturated carbocycles. The molecule has 2 amide bonds. The van der Waals surface area contributed by atoms with Crippen molar-refractivity contribution < 1.29 is 19.5 Å². The van der Waals surface area contributed by atoms with Gasteiger partial charge < -0.3 is 20.5 Å². The van der Waals surface area contributed by atoms with E-state index in [1.807, 2.05) is 30.3 Å². The zero-order valence-electron chi connectivity index (χ0n) is 15.3. The molecule has 0 aromatic heterocycles. The molecule has 2 atom stereocenters. The number of hydrogen-bond donors (Lipinski definition) is 2. The molecule has 0 saturated heterocycles. The van der Waals surface area contributed by atoms with Crippen LogP contribution in [0.2, 0.25) is 0 Å². The second-order valence-electron chi connectivity index (χ2n) is 6.68. The summed E-state index contributed by atoms with van der Waals surface area (Å²) >= 11 is 0. The first kappa shape index (κ1) is 19.4. The summed E-state index contributed by atoms with van der Waals surface area (Å²) in [5.41, 5.74) is 1.64. The molecule has 144 valence electrons. The average Bonchev–Trinajstić information content (AvgIpc) is 2.73. The third-order valence-corrected chi connectivity index (χ3v) is 4.80. The van der Waals surface area contributed by atoms with Gasteiger partial charge in [0.05, 0.1) is 17.2 Å². The molecule has 1 aliphatic carbocycles. The van der Waals surface area contributed by atoms with Gasteiger partial charge in [0.15, 0.2) is 0 Å². The number of amides is 2. The van der Waals surface area contributed by atoms with Gasteiger partial charge in [-0.1, -0.05) is 54.6 Å². The van der Waals surface area contributed by atoms with Crippen molar-refractivity contribution in [3.8, 4) is 0 Å². The molecule has 28 heavy (non-hydrogen) atoms. The fraction of sp³-hybridized carbons (Fsp3) is 0.227. The minimum atomic E-state index is -1.24. The van der Waals surface area contributed by atoms with Crippen molar-refractivity contribution in [3.63, 3.8) is 0 Å². The zero-order valence-corrected chi connectivity index (χ0v) is 15.3. The molecular formula is C22H21N2O4-. The normalized spacial score (nSPS) is 18.3. The van der Waals surface area contributed by atoms with Crippen LogP contribution in [0.5, 0.6) is 0 Å². The molecule has 0 bridgehead atoms. The van der Waals surface area contributed by atoms with Crippen molar-refractivity contribution >= 4 is 23.5 Å². The van der Waals surface area contributed by atoms with Gasteiger partial charge in [0.1, 0.15) is 0 Å². The molecule has 2 aromatic carbocycles. The summed E-state index contributed by atoms with van der Waals surface area (Å²) in [5.74, 6) is -3.58. The number of para-hydroxylation sites is 1. The third-order valence-electron chi connectivity index (χ3n) is 4.80. The zero-order chi connectivity index (χ0) is 19.9. The van der Waals surface area contributed by atoms with E-state index in [2.05, 4.69) is 10.6 Å². The highest BCUT2D eigenvalue weighted by Crippen LogP contribution is 2.27. The van der Waals surface area contributed by atoms with Crippen LogP contribution in [0.1, 0.15) is 28.8 Å². The van der Waals surface area contributed by atoms with Crippen LogP contribution >= 0.6 is 0 Å². The molecule has 0 radical (unpaired) electrons. The number of anilines is 1. The third kappa shape index (κ3) is 4.65. The lowest BCUT2D eigenvalue weighted by molar-refractivity contribution is -0.313. The quantitative estimate of drug-likeness (QED) is 0.751. The maximum absolute atomic E-state index is 12.7. The van der Waals surface area contributed by atoms with E-state index in [0.717, 1.165) is 5.56 Å². The summed E-state index contributed by atoms with van der Waals surface area (Å²) in [6.07, 6.45) is 4.13. The lowest BCUT2D eigenvalue weighted by atomic mass is 9.82. The van der Waals surface area contributed by atoms with Gasteiger partial charge in [-0.3, -0.25) is 9.59 Å². The predicted octanol–water partition coefficient (Wildman–Crippen LogP) is 1.89. The van der Waals surface area contributed by atoms with Crippen LogP contribution in [-0.4, -0.2) is 17.8 Å². The first-order valence-corrected chi connectivity index (χ1v) is 9.14. The molecule has 3 rings (SSSR count). The number of rotatable bonds is 6. The number of allylic oxidation sites excluding steroid dienone is 2. The Morgan fingerprint density at radius 2 is 1.54 bits per heavy atom. The Labute approximate surface area is 163 Å². The minimum Gasteiger partial charge on any atom is -0.550 e. The van der Waals surface area contributed by atoms with Gasteiger partial charge in [0, 0.05) is 18.4 Å². The van der Waals surface area contributed by atoms with E-state index in [1.54, 1.807) is 36.4 Å². The lowest BCUT2D eigenvalue weighted by Gasteiger charge is -2.28. The minimum absolute atomic E-state index is 0.264. The number of carboxylic acids is 1. The first-order chi connectivity index (χ1) is 13.6. The van der Waals surface area contributed by atoms with E-state index in [1.165, 1.54) is 0 Å². The number of carboxylic acid groups (broad SMARTS) is 1. The summed E-state index contributed by atoms with van der Waals surface area (Å²) < 4.78 is 0. The van der Waals surface area contributed by atoms with Gasteiger partial charge in [-0.2, -0.15) is 0 Å². The summed E-state index contributed by atoms with van der Waals surface area (Å²) in [6.45, 7) is 0.363. The van der Waals surface area contributed by atoms with Crippen molar-refractivity contribution in [1.29, 1.82) is 0 Å². The van der Waals surface area contributed by atoms with Gasteiger partial charge in [-0.15, -0.1) is 0 Å². The topological polar surface area (TPSA) is 98.3 Å². The SMILES string of the molecule is O=C(NCc1ccccc1)c1ccccc1NC(=O)[C@H]1CC=CC[C@@H]1C(=O)[O-]. The Balaban J connectivity index is 1.71. The van der Waals surface area contributed by atoms with E-state index >= 15 is 0 Å². The Morgan fingerprint density at radius 3 is 2.25 bits per heavy atom.